The fraction of sp³-hybridized carbons (Fsp3) is 0.188. The highest BCUT2D eigenvalue weighted by atomic mass is 32.2. The first-order chi connectivity index (χ1) is 10.1. The van der Waals surface area contributed by atoms with Crippen LogP contribution in [0.1, 0.15) is 12.5 Å². The number of thioether (sulfide) groups is 1. The monoisotopic (exact) mass is 322 g/mol. The van der Waals surface area contributed by atoms with Gasteiger partial charge in [-0.15, -0.1) is 11.8 Å². The Bertz CT molecular complexity index is 627. The SMILES string of the molecule is CCSc1ccc(Sc2cc(F)ccc2CC(=O)O)cc1. The summed E-state index contributed by atoms with van der Waals surface area (Å²) >= 11 is 3.14. The number of carbonyl (C=O) groups is 1. The van der Waals surface area contributed by atoms with E-state index in [0.29, 0.717) is 10.5 Å². The number of rotatable bonds is 6. The normalized spacial score (nSPS) is 10.6. The van der Waals surface area contributed by atoms with Crippen LogP contribution in [0, 0.1) is 5.82 Å². The van der Waals surface area contributed by atoms with E-state index in [9.17, 15) is 9.18 Å². The van der Waals surface area contributed by atoms with Gasteiger partial charge in [0.25, 0.3) is 0 Å². The van der Waals surface area contributed by atoms with Gasteiger partial charge in [-0.25, -0.2) is 4.39 Å². The summed E-state index contributed by atoms with van der Waals surface area (Å²) in [7, 11) is 0. The molecule has 0 aliphatic heterocycles. The summed E-state index contributed by atoms with van der Waals surface area (Å²) in [6.45, 7) is 2.10. The summed E-state index contributed by atoms with van der Waals surface area (Å²) in [6.07, 6.45) is -0.105. The smallest absolute Gasteiger partial charge is 0.307 e. The standard InChI is InChI=1S/C16H15FO2S2/c1-2-20-13-5-7-14(8-6-13)21-15-10-12(17)4-3-11(15)9-16(18)19/h3-8,10H,2,9H2,1H3,(H,18,19). The van der Waals surface area contributed by atoms with Crippen molar-refractivity contribution in [1.82, 2.24) is 0 Å². The van der Waals surface area contributed by atoms with Gasteiger partial charge < -0.3 is 5.11 Å². The zero-order chi connectivity index (χ0) is 15.2. The van der Waals surface area contributed by atoms with E-state index in [1.54, 1.807) is 11.8 Å². The molecule has 0 aromatic heterocycles. The van der Waals surface area contributed by atoms with Crippen LogP contribution in [0.2, 0.25) is 0 Å². The summed E-state index contributed by atoms with van der Waals surface area (Å²) in [5.41, 5.74) is 0.626. The minimum absolute atomic E-state index is 0.105. The van der Waals surface area contributed by atoms with Gasteiger partial charge >= 0.3 is 5.97 Å². The van der Waals surface area contributed by atoms with Crippen molar-refractivity contribution in [2.75, 3.05) is 5.75 Å². The van der Waals surface area contributed by atoms with Crippen molar-refractivity contribution in [2.45, 2.75) is 28.0 Å². The number of carboxylic acid groups (broad SMARTS) is 1. The van der Waals surface area contributed by atoms with Crippen LogP contribution in [-0.2, 0) is 11.2 Å². The number of hydrogen-bond donors (Lipinski definition) is 1. The third kappa shape index (κ3) is 4.79. The van der Waals surface area contributed by atoms with Crippen LogP contribution < -0.4 is 0 Å². The summed E-state index contributed by atoms with van der Waals surface area (Å²) < 4.78 is 13.4. The molecule has 0 fully saturated rings. The molecular weight excluding hydrogens is 307 g/mol. The van der Waals surface area contributed by atoms with Gasteiger partial charge in [0, 0.05) is 14.7 Å². The third-order valence-corrected chi connectivity index (χ3v) is 4.74. The second-order valence-corrected chi connectivity index (χ2v) is 6.78. The van der Waals surface area contributed by atoms with Gasteiger partial charge in [-0.1, -0.05) is 24.8 Å². The molecule has 110 valence electrons. The predicted octanol–water partition coefficient (Wildman–Crippen LogP) is 4.72. The summed E-state index contributed by atoms with van der Waals surface area (Å²) in [4.78, 5) is 13.7. The molecule has 0 radical (unpaired) electrons. The third-order valence-electron chi connectivity index (χ3n) is 2.73. The number of carboxylic acids is 1. The average molecular weight is 322 g/mol. The van der Waals surface area contributed by atoms with Gasteiger partial charge in [0.05, 0.1) is 6.42 Å². The van der Waals surface area contributed by atoms with Crippen LogP contribution in [0.25, 0.3) is 0 Å². The largest absolute Gasteiger partial charge is 0.481 e. The minimum Gasteiger partial charge on any atom is -0.481 e. The van der Waals surface area contributed by atoms with Gasteiger partial charge in [0.15, 0.2) is 0 Å². The molecule has 0 bridgehead atoms. The van der Waals surface area contributed by atoms with Crippen molar-refractivity contribution in [3.8, 4) is 0 Å². The minimum atomic E-state index is -0.918. The molecule has 0 spiro atoms. The van der Waals surface area contributed by atoms with Gasteiger partial charge in [-0.2, -0.15) is 0 Å². The second kappa shape index (κ2) is 7.52. The fourth-order valence-electron chi connectivity index (χ4n) is 1.83. The van der Waals surface area contributed by atoms with E-state index < -0.39 is 5.97 Å². The lowest BCUT2D eigenvalue weighted by Gasteiger charge is -2.08. The molecule has 0 aliphatic carbocycles. The highest BCUT2D eigenvalue weighted by Gasteiger charge is 2.10. The van der Waals surface area contributed by atoms with Crippen molar-refractivity contribution in [1.29, 1.82) is 0 Å². The predicted molar refractivity (Wildman–Crippen MR) is 84.7 cm³/mol. The maximum atomic E-state index is 13.4. The number of hydrogen-bond acceptors (Lipinski definition) is 3. The van der Waals surface area contributed by atoms with Crippen LogP contribution in [-0.4, -0.2) is 16.8 Å². The topological polar surface area (TPSA) is 37.3 Å². The van der Waals surface area contributed by atoms with Crippen molar-refractivity contribution in [2.24, 2.45) is 0 Å². The first kappa shape index (κ1) is 15.9. The molecule has 5 heteroatoms. The van der Waals surface area contributed by atoms with Gasteiger partial charge in [0.2, 0.25) is 0 Å². The first-order valence-electron chi connectivity index (χ1n) is 6.49. The Hall–Kier alpha value is -1.46. The molecule has 0 heterocycles. The van der Waals surface area contributed by atoms with Gasteiger partial charge in [0.1, 0.15) is 5.82 Å². The molecule has 2 rings (SSSR count). The van der Waals surface area contributed by atoms with E-state index in [4.69, 9.17) is 5.11 Å². The highest BCUT2D eigenvalue weighted by Crippen LogP contribution is 2.32. The summed E-state index contributed by atoms with van der Waals surface area (Å²) in [5.74, 6) is -0.262. The van der Waals surface area contributed by atoms with Gasteiger partial charge in [-0.05, 0) is 47.7 Å². The van der Waals surface area contributed by atoms with Crippen LogP contribution in [0.4, 0.5) is 4.39 Å². The second-order valence-electron chi connectivity index (χ2n) is 4.33. The maximum absolute atomic E-state index is 13.4. The Morgan fingerprint density at radius 3 is 2.43 bits per heavy atom. The molecule has 0 atom stereocenters. The quantitative estimate of drug-likeness (QED) is 0.781. The van der Waals surface area contributed by atoms with Crippen LogP contribution in [0.5, 0.6) is 0 Å². The molecule has 2 nitrogen and oxygen atoms in total. The van der Waals surface area contributed by atoms with Crippen LogP contribution >= 0.6 is 23.5 Å². The van der Waals surface area contributed by atoms with Gasteiger partial charge in [-0.3, -0.25) is 4.79 Å². The van der Waals surface area contributed by atoms with E-state index in [0.717, 1.165) is 10.6 Å². The first-order valence-corrected chi connectivity index (χ1v) is 8.29. The zero-order valence-electron chi connectivity index (χ0n) is 11.5. The molecule has 0 aliphatic rings. The molecule has 21 heavy (non-hydrogen) atoms. The van der Waals surface area contributed by atoms with Crippen molar-refractivity contribution in [3.05, 3.63) is 53.8 Å². The van der Waals surface area contributed by atoms with E-state index in [1.807, 2.05) is 24.3 Å². The van der Waals surface area contributed by atoms with E-state index in [-0.39, 0.29) is 12.2 Å². The average Bonchev–Trinajstić information content (AvgIpc) is 2.44. The number of halogens is 1. The fourth-order valence-corrected chi connectivity index (χ4v) is 3.46. The van der Waals surface area contributed by atoms with Crippen LogP contribution in [0.3, 0.4) is 0 Å². The van der Waals surface area contributed by atoms with E-state index >= 15 is 0 Å². The molecule has 2 aromatic carbocycles. The lowest BCUT2D eigenvalue weighted by atomic mass is 10.1. The zero-order valence-corrected chi connectivity index (χ0v) is 13.1. The molecule has 1 N–H and O–H groups in total. The number of aliphatic carboxylic acids is 1. The Labute approximate surface area is 131 Å². The van der Waals surface area contributed by atoms with Crippen LogP contribution in [0.15, 0.2) is 57.2 Å². The molecular formula is C16H15FO2S2. The van der Waals surface area contributed by atoms with E-state index in [1.165, 1.54) is 34.9 Å². The van der Waals surface area contributed by atoms with E-state index in [2.05, 4.69) is 6.92 Å². The molecule has 0 saturated carbocycles. The van der Waals surface area contributed by atoms with Crippen molar-refractivity contribution >= 4 is 29.5 Å². The molecule has 2 aromatic rings. The molecule has 0 amide bonds. The summed E-state index contributed by atoms with van der Waals surface area (Å²) in [5, 5.41) is 8.92. The lowest BCUT2D eigenvalue weighted by Crippen LogP contribution is -2.01. The lowest BCUT2D eigenvalue weighted by molar-refractivity contribution is -0.136. The molecule has 0 unspecified atom stereocenters. The number of benzene rings is 2. The Morgan fingerprint density at radius 2 is 1.81 bits per heavy atom. The molecule has 0 saturated heterocycles. The Balaban J connectivity index is 2.21. The maximum Gasteiger partial charge on any atom is 0.307 e. The highest BCUT2D eigenvalue weighted by molar-refractivity contribution is 7.99. The Morgan fingerprint density at radius 1 is 1.14 bits per heavy atom. The Kier molecular flexibility index (Phi) is 5.70. The van der Waals surface area contributed by atoms with Crippen molar-refractivity contribution < 1.29 is 14.3 Å². The summed E-state index contributed by atoms with van der Waals surface area (Å²) in [6, 6.07) is 12.2. The van der Waals surface area contributed by atoms with Crippen molar-refractivity contribution in [3.63, 3.8) is 0 Å².